The Kier molecular flexibility index (Phi) is 4.09. The van der Waals surface area contributed by atoms with Crippen molar-refractivity contribution in [1.82, 2.24) is 15.6 Å². The van der Waals surface area contributed by atoms with Crippen LogP contribution in [0.15, 0.2) is 18.5 Å². The molecule has 1 fully saturated rings. The van der Waals surface area contributed by atoms with Crippen LogP contribution in [0.4, 0.5) is 0 Å². The molecule has 0 aromatic carbocycles. The van der Waals surface area contributed by atoms with Gasteiger partial charge in [-0.3, -0.25) is 9.78 Å². The molecule has 2 rings (SSSR count). The summed E-state index contributed by atoms with van der Waals surface area (Å²) in [6, 6.07) is 2.43. The summed E-state index contributed by atoms with van der Waals surface area (Å²) in [5, 5.41) is 6.35. The number of amides is 1. The minimum absolute atomic E-state index is 0.0285. The van der Waals surface area contributed by atoms with Crippen LogP contribution in [0.5, 0.6) is 0 Å². The molecular formula is C13H19N3O. The number of rotatable bonds is 4. The van der Waals surface area contributed by atoms with Gasteiger partial charge in [0.15, 0.2) is 0 Å². The predicted molar refractivity (Wildman–Crippen MR) is 66.9 cm³/mol. The molecule has 1 amide bonds. The molecule has 17 heavy (non-hydrogen) atoms. The third-order valence-corrected chi connectivity index (χ3v) is 3.08. The Balaban J connectivity index is 1.77. The number of hydrogen-bond donors (Lipinski definition) is 2. The van der Waals surface area contributed by atoms with Crippen LogP contribution in [-0.4, -0.2) is 30.0 Å². The fourth-order valence-electron chi connectivity index (χ4n) is 2.14. The first kappa shape index (κ1) is 12.0. The molecule has 0 spiro atoms. The molecule has 1 aliphatic heterocycles. The zero-order valence-corrected chi connectivity index (χ0v) is 10.2. The minimum atomic E-state index is -0.0285. The average molecular weight is 233 g/mol. The molecule has 1 aliphatic rings. The first-order chi connectivity index (χ1) is 8.25. The summed E-state index contributed by atoms with van der Waals surface area (Å²) in [5.74, 6) is -0.0285. The SMILES string of the molecule is Cc1cncc(C(=O)NCC[C@H]2CCCN2)c1. The Labute approximate surface area is 102 Å². The number of aromatic nitrogens is 1. The van der Waals surface area contributed by atoms with Crippen molar-refractivity contribution in [3.05, 3.63) is 29.6 Å². The van der Waals surface area contributed by atoms with Crippen LogP contribution in [0.3, 0.4) is 0 Å². The number of nitrogens with zero attached hydrogens (tertiary/aromatic N) is 1. The molecule has 92 valence electrons. The van der Waals surface area contributed by atoms with E-state index in [0.717, 1.165) is 25.1 Å². The molecule has 1 saturated heterocycles. The quantitative estimate of drug-likeness (QED) is 0.823. The van der Waals surface area contributed by atoms with Crippen molar-refractivity contribution in [2.24, 2.45) is 0 Å². The molecule has 0 radical (unpaired) electrons. The van der Waals surface area contributed by atoms with Gasteiger partial charge in [0, 0.05) is 25.0 Å². The lowest BCUT2D eigenvalue weighted by Gasteiger charge is -2.10. The zero-order valence-electron chi connectivity index (χ0n) is 10.2. The fourth-order valence-corrected chi connectivity index (χ4v) is 2.14. The molecule has 0 bridgehead atoms. The molecule has 1 atom stereocenters. The average Bonchev–Trinajstić information content (AvgIpc) is 2.82. The number of carbonyl (C=O) groups is 1. The summed E-state index contributed by atoms with van der Waals surface area (Å²) in [5.41, 5.74) is 1.65. The predicted octanol–water partition coefficient (Wildman–Crippen LogP) is 1.26. The molecule has 2 N–H and O–H groups in total. The summed E-state index contributed by atoms with van der Waals surface area (Å²) in [4.78, 5) is 15.8. The molecule has 1 aromatic rings. The highest BCUT2D eigenvalue weighted by molar-refractivity contribution is 5.93. The second-order valence-electron chi connectivity index (χ2n) is 4.59. The van der Waals surface area contributed by atoms with E-state index in [1.807, 2.05) is 13.0 Å². The van der Waals surface area contributed by atoms with Crippen LogP contribution in [0.25, 0.3) is 0 Å². The number of nitrogens with one attached hydrogen (secondary N) is 2. The Hall–Kier alpha value is -1.42. The molecule has 2 heterocycles. The Bertz CT molecular complexity index is 386. The monoisotopic (exact) mass is 233 g/mol. The molecule has 4 heteroatoms. The van der Waals surface area contributed by atoms with E-state index in [4.69, 9.17) is 0 Å². The largest absolute Gasteiger partial charge is 0.352 e. The van der Waals surface area contributed by atoms with Crippen LogP contribution < -0.4 is 10.6 Å². The summed E-state index contributed by atoms with van der Waals surface area (Å²) >= 11 is 0. The molecule has 0 unspecified atom stereocenters. The van der Waals surface area contributed by atoms with Crippen molar-refractivity contribution >= 4 is 5.91 Å². The summed E-state index contributed by atoms with van der Waals surface area (Å²) in [7, 11) is 0. The Morgan fingerprint density at radius 2 is 2.47 bits per heavy atom. The van der Waals surface area contributed by atoms with Gasteiger partial charge in [-0.05, 0) is 44.4 Å². The van der Waals surface area contributed by atoms with E-state index >= 15 is 0 Å². The lowest BCUT2D eigenvalue weighted by Crippen LogP contribution is -2.30. The third-order valence-electron chi connectivity index (χ3n) is 3.08. The van der Waals surface area contributed by atoms with Gasteiger partial charge < -0.3 is 10.6 Å². The van der Waals surface area contributed by atoms with Crippen molar-refractivity contribution < 1.29 is 4.79 Å². The van der Waals surface area contributed by atoms with Gasteiger partial charge in [0.1, 0.15) is 0 Å². The highest BCUT2D eigenvalue weighted by Crippen LogP contribution is 2.07. The molecule has 0 saturated carbocycles. The van der Waals surface area contributed by atoms with Crippen molar-refractivity contribution in [2.75, 3.05) is 13.1 Å². The van der Waals surface area contributed by atoms with Crippen molar-refractivity contribution in [3.8, 4) is 0 Å². The zero-order chi connectivity index (χ0) is 12.1. The van der Waals surface area contributed by atoms with Crippen LogP contribution >= 0.6 is 0 Å². The van der Waals surface area contributed by atoms with E-state index < -0.39 is 0 Å². The van der Waals surface area contributed by atoms with Gasteiger partial charge in [-0.15, -0.1) is 0 Å². The maximum atomic E-state index is 11.8. The number of pyridine rings is 1. The maximum Gasteiger partial charge on any atom is 0.252 e. The van der Waals surface area contributed by atoms with Gasteiger partial charge in [-0.25, -0.2) is 0 Å². The number of hydrogen-bond acceptors (Lipinski definition) is 3. The van der Waals surface area contributed by atoms with E-state index in [9.17, 15) is 4.79 Å². The topological polar surface area (TPSA) is 54.0 Å². The highest BCUT2D eigenvalue weighted by atomic mass is 16.1. The molecule has 4 nitrogen and oxygen atoms in total. The molecule has 0 aliphatic carbocycles. The van der Waals surface area contributed by atoms with Crippen LogP contribution in [0.2, 0.25) is 0 Å². The highest BCUT2D eigenvalue weighted by Gasteiger charge is 2.14. The van der Waals surface area contributed by atoms with Crippen LogP contribution in [0, 0.1) is 6.92 Å². The normalized spacial score (nSPS) is 19.2. The Morgan fingerprint density at radius 3 is 3.18 bits per heavy atom. The van der Waals surface area contributed by atoms with E-state index in [1.54, 1.807) is 12.4 Å². The van der Waals surface area contributed by atoms with E-state index in [0.29, 0.717) is 11.6 Å². The van der Waals surface area contributed by atoms with E-state index in [2.05, 4.69) is 15.6 Å². The summed E-state index contributed by atoms with van der Waals surface area (Å²) < 4.78 is 0. The van der Waals surface area contributed by atoms with Gasteiger partial charge in [-0.2, -0.15) is 0 Å². The molecule has 1 aromatic heterocycles. The lowest BCUT2D eigenvalue weighted by atomic mass is 10.1. The second-order valence-corrected chi connectivity index (χ2v) is 4.59. The smallest absolute Gasteiger partial charge is 0.252 e. The van der Waals surface area contributed by atoms with E-state index in [1.165, 1.54) is 12.8 Å². The summed E-state index contributed by atoms with van der Waals surface area (Å²) in [6.07, 6.45) is 6.84. The number of carbonyl (C=O) groups excluding carboxylic acids is 1. The number of aryl methyl sites for hydroxylation is 1. The van der Waals surface area contributed by atoms with Crippen LogP contribution in [0.1, 0.15) is 35.2 Å². The fraction of sp³-hybridized carbons (Fsp3) is 0.538. The second kappa shape index (κ2) is 5.77. The van der Waals surface area contributed by atoms with E-state index in [-0.39, 0.29) is 5.91 Å². The van der Waals surface area contributed by atoms with Crippen LogP contribution in [-0.2, 0) is 0 Å². The van der Waals surface area contributed by atoms with Gasteiger partial charge >= 0.3 is 0 Å². The Morgan fingerprint density at radius 1 is 1.59 bits per heavy atom. The first-order valence-electron chi connectivity index (χ1n) is 6.19. The van der Waals surface area contributed by atoms with Gasteiger partial charge in [0.05, 0.1) is 5.56 Å². The van der Waals surface area contributed by atoms with Gasteiger partial charge in [0.2, 0.25) is 0 Å². The third kappa shape index (κ3) is 3.53. The van der Waals surface area contributed by atoms with Crippen molar-refractivity contribution in [1.29, 1.82) is 0 Å². The summed E-state index contributed by atoms with van der Waals surface area (Å²) in [6.45, 7) is 3.77. The maximum absolute atomic E-state index is 11.8. The molecular weight excluding hydrogens is 214 g/mol. The first-order valence-corrected chi connectivity index (χ1v) is 6.19. The van der Waals surface area contributed by atoms with Gasteiger partial charge in [0.25, 0.3) is 5.91 Å². The lowest BCUT2D eigenvalue weighted by molar-refractivity contribution is 0.0952. The van der Waals surface area contributed by atoms with Crippen molar-refractivity contribution in [3.63, 3.8) is 0 Å². The minimum Gasteiger partial charge on any atom is -0.352 e. The standard InChI is InChI=1S/C13H19N3O/c1-10-7-11(9-14-8-10)13(17)16-6-4-12-3-2-5-15-12/h7-9,12,15H,2-6H2,1H3,(H,16,17)/t12-/m1/s1. The van der Waals surface area contributed by atoms with Gasteiger partial charge in [-0.1, -0.05) is 0 Å². The van der Waals surface area contributed by atoms with Crippen molar-refractivity contribution in [2.45, 2.75) is 32.2 Å².